The second kappa shape index (κ2) is 5.37. The fourth-order valence-electron chi connectivity index (χ4n) is 1.88. The molecule has 2 rings (SSSR count). The van der Waals surface area contributed by atoms with Gasteiger partial charge in [0.1, 0.15) is 6.10 Å². The molecule has 0 aliphatic carbocycles. The van der Waals surface area contributed by atoms with Gasteiger partial charge in [-0.05, 0) is 11.5 Å². The molecule has 1 aliphatic rings. The molecule has 1 fully saturated rings. The number of likely N-dealkylation sites (tertiary alicyclic amines) is 1. The summed E-state index contributed by atoms with van der Waals surface area (Å²) in [4.78, 5) is 17.8. The fraction of sp³-hybridized carbons (Fsp3) is 0.571. The minimum Gasteiger partial charge on any atom is -0.471 e. The van der Waals surface area contributed by atoms with E-state index in [9.17, 15) is 4.79 Å². The second-order valence-electron chi connectivity index (χ2n) is 6.09. The van der Waals surface area contributed by atoms with Crippen molar-refractivity contribution in [2.45, 2.75) is 33.3 Å². The molecule has 5 heteroatoms. The van der Waals surface area contributed by atoms with E-state index >= 15 is 0 Å². The first kappa shape index (κ1) is 14.1. The van der Waals surface area contributed by atoms with E-state index in [-0.39, 0.29) is 17.4 Å². The summed E-state index contributed by atoms with van der Waals surface area (Å²) < 4.78 is 5.65. The number of halogens is 1. The van der Waals surface area contributed by atoms with E-state index in [0.29, 0.717) is 30.4 Å². The summed E-state index contributed by atoms with van der Waals surface area (Å²) in [6, 6.07) is 3.48. The van der Waals surface area contributed by atoms with Crippen LogP contribution in [0.5, 0.6) is 5.88 Å². The van der Waals surface area contributed by atoms with Gasteiger partial charge in [0.25, 0.3) is 0 Å². The molecule has 0 aromatic carbocycles. The van der Waals surface area contributed by atoms with Gasteiger partial charge in [-0.25, -0.2) is 4.98 Å². The zero-order chi connectivity index (χ0) is 14.0. The van der Waals surface area contributed by atoms with Gasteiger partial charge in [0.2, 0.25) is 11.8 Å². The van der Waals surface area contributed by atoms with Crippen LogP contribution in [0.25, 0.3) is 0 Å². The number of carbonyl (C=O) groups excluding carboxylic acids is 1. The molecule has 0 unspecified atom stereocenters. The van der Waals surface area contributed by atoms with E-state index in [4.69, 9.17) is 16.3 Å². The van der Waals surface area contributed by atoms with Crippen LogP contribution in [0, 0.1) is 5.41 Å². The van der Waals surface area contributed by atoms with E-state index in [1.54, 1.807) is 18.3 Å². The molecule has 0 N–H and O–H groups in total. The van der Waals surface area contributed by atoms with Crippen LogP contribution in [0.4, 0.5) is 0 Å². The molecule has 0 spiro atoms. The Bertz CT molecular complexity index is 448. The molecule has 1 aromatic rings. The van der Waals surface area contributed by atoms with Gasteiger partial charge in [0, 0.05) is 18.7 Å². The zero-order valence-electron chi connectivity index (χ0n) is 11.5. The van der Waals surface area contributed by atoms with Crippen molar-refractivity contribution in [3.63, 3.8) is 0 Å². The van der Waals surface area contributed by atoms with Crippen molar-refractivity contribution in [1.82, 2.24) is 9.88 Å². The molecule has 104 valence electrons. The number of aromatic nitrogens is 1. The van der Waals surface area contributed by atoms with Crippen molar-refractivity contribution in [3.05, 3.63) is 23.4 Å². The third kappa shape index (κ3) is 4.10. The SMILES string of the molecule is CC(C)(C)CC(=O)N1CC(Oc2ccc(Cl)cn2)C1. The van der Waals surface area contributed by atoms with Crippen molar-refractivity contribution < 1.29 is 9.53 Å². The summed E-state index contributed by atoms with van der Waals surface area (Å²) in [5.74, 6) is 0.744. The number of amides is 1. The first-order valence-corrected chi connectivity index (χ1v) is 6.77. The van der Waals surface area contributed by atoms with Crippen LogP contribution in [0.1, 0.15) is 27.2 Å². The molecular weight excluding hydrogens is 264 g/mol. The van der Waals surface area contributed by atoms with Crippen molar-refractivity contribution in [1.29, 1.82) is 0 Å². The molecule has 0 bridgehead atoms. The average Bonchev–Trinajstić information content (AvgIpc) is 2.22. The Morgan fingerprint density at radius 2 is 2.16 bits per heavy atom. The van der Waals surface area contributed by atoms with Gasteiger partial charge in [-0.1, -0.05) is 32.4 Å². The molecule has 1 amide bonds. The van der Waals surface area contributed by atoms with E-state index in [1.165, 1.54) is 0 Å². The molecule has 0 atom stereocenters. The normalized spacial score (nSPS) is 16.1. The molecule has 2 heterocycles. The number of hydrogen-bond donors (Lipinski definition) is 0. The van der Waals surface area contributed by atoms with Gasteiger partial charge in [-0.2, -0.15) is 0 Å². The highest BCUT2D eigenvalue weighted by Gasteiger charge is 2.33. The van der Waals surface area contributed by atoms with Crippen LogP contribution < -0.4 is 4.74 Å². The van der Waals surface area contributed by atoms with Gasteiger partial charge >= 0.3 is 0 Å². The Kier molecular flexibility index (Phi) is 3.99. The lowest BCUT2D eigenvalue weighted by Gasteiger charge is -2.39. The number of rotatable bonds is 3. The monoisotopic (exact) mass is 282 g/mol. The van der Waals surface area contributed by atoms with Gasteiger partial charge in [0.05, 0.1) is 18.1 Å². The summed E-state index contributed by atoms with van der Waals surface area (Å²) in [5, 5.41) is 0.586. The number of hydrogen-bond acceptors (Lipinski definition) is 3. The number of carbonyl (C=O) groups is 1. The van der Waals surface area contributed by atoms with Crippen LogP contribution in [0.3, 0.4) is 0 Å². The molecule has 1 aliphatic heterocycles. The Morgan fingerprint density at radius 3 is 2.68 bits per heavy atom. The van der Waals surface area contributed by atoms with Crippen molar-refractivity contribution in [2.24, 2.45) is 5.41 Å². The second-order valence-corrected chi connectivity index (χ2v) is 6.53. The maximum absolute atomic E-state index is 11.9. The van der Waals surface area contributed by atoms with Gasteiger partial charge in [-0.3, -0.25) is 4.79 Å². The van der Waals surface area contributed by atoms with Crippen LogP contribution in [0.2, 0.25) is 5.02 Å². The zero-order valence-corrected chi connectivity index (χ0v) is 12.3. The molecule has 0 saturated carbocycles. The summed E-state index contributed by atoms with van der Waals surface area (Å²) in [6.07, 6.45) is 2.16. The lowest BCUT2D eigenvalue weighted by atomic mass is 9.91. The summed E-state index contributed by atoms with van der Waals surface area (Å²) >= 11 is 5.75. The van der Waals surface area contributed by atoms with Crippen LogP contribution in [-0.4, -0.2) is 35.0 Å². The van der Waals surface area contributed by atoms with Crippen molar-refractivity contribution >= 4 is 17.5 Å². The van der Waals surface area contributed by atoms with E-state index in [2.05, 4.69) is 25.8 Å². The highest BCUT2D eigenvalue weighted by atomic mass is 35.5. The summed E-state index contributed by atoms with van der Waals surface area (Å²) in [7, 11) is 0. The summed E-state index contributed by atoms with van der Waals surface area (Å²) in [6.45, 7) is 7.47. The summed E-state index contributed by atoms with van der Waals surface area (Å²) in [5.41, 5.74) is 0.0285. The Labute approximate surface area is 118 Å². The molecule has 1 saturated heterocycles. The van der Waals surface area contributed by atoms with Gasteiger partial charge in [-0.15, -0.1) is 0 Å². The maximum atomic E-state index is 11.9. The lowest BCUT2D eigenvalue weighted by molar-refractivity contribution is -0.142. The lowest BCUT2D eigenvalue weighted by Crippen LogP contribution is -2.56. The number of nitrogens with zero attached hydrogens (tertiary/aromatic N) is 2. The third-order valence-corrected chi connectivity index (χ3v) is 3.09. The van der Waals surface area contributed by atoms with E-state index < -0.39 is 0 Å². The van der Waals surface area contributed by atoms with E-state index in [0.717, 1.165) is 0 Å². The van der Waals surface area contributed by atoms with E-state index in [1.807, 2.05) is 4.90 Å². The Balaban J connectivity index is 1.77. The molecule has 19 heavy (non-hydrogen) atoms. The molecule has 0 radical (unpaired) electrons. The van der Waals surface area contributed by atoms with Crippen molar-refractivity contribution in [3.8, 4) is 5.88 Å². The molecule has 4 nitrogen and oxygen atoms in total. The minimum absolute atomic E-state index is 0.0285. The molecular formula is C14H19ClN2O2. The third-order valence-electron chi connectivity index (χ3n) is 2.87. The van der Waals surface area contributed by atoms with Crippen LogP contribution in [0.15, 0.2) is 18.3 Å². The largest absolute Gasteiger partial charge is 0.471 e. The maximum Gasteiger partial charge on any atom is 0.223 e. The minimum atomic E-state index is 0.0285. The van der Waals surface area contributed by atoms with Crippen LogP contribution in [-0.2, 0) is 4.79 Å². The van der Waals surface area contributed by atoms with Crippen molar-refractivity contribution in [2.75, 3.05) is 13.1 Å². The highest BCUT2D eigenvalue weighted by Crippen LogP contribution is 2.23. The Hall–Kier alpha value is -1.29. The first-order chi connectivity index (χ1) is 8.83. The standard InChI is InChI=1S/C14H19ClN2O2/c1-14(2,3)6-13(18)17-8-11(9-17)19-12-5-4-10(15)7-16-12/h4-5,7,11H,6,8-9H2,1-3H3. The fourth-order valence-corrected chi connectivity index (χ4v) is 2.00. The number of ether oxygens (including phenoxy) is 1. The van der Waals surface area contributed by atoms with Gasteiger partial charge < -0.3 is 9.64 Å². The van der Waals surface area contributed by atoms with Crippen LogP contribution >= 0.6 is 11.6 Å². The number of pyridine rings is 1. The quantitative estimate of drug-likeness (QED) is 0.856. The average molecular weight is 283 g/mol. The van der Waals surface area contributed by atoms with Gasteiger partial charge in [0.15, 0.2) is 0 Å². The topological polar surface area (TPSA) is 42.4 Å². The predicted octanol–water partition coefficient (Wildman–Crippen LogP) is 2.76. The smallest absolute Gasteiger partial charge is 0.223 e. The Morgan fingerprint density at radius 1 is 1.47 bits per heavy atom. The molecule has 1 aromatic heterocycles. The highest BCUT2D eigenvalue weighted by molar-refractivity contribution is 6.30. The first-order valence-electron chi connectivity index (χ1n) is 6.39. The predicted molar refractivity (Wildman–Crippen MR) is 74.3 cm³/mol.